The van der Waals surface area contributed by atoms with Crippen LogP contribution in [0.2, 0.25) is 5.02 Å². The summed E-state index contributed by atoms with van der Waals surface area (Å²) in [5.41, 5.74) is 3.15. The van der Waals surface area contributed by atoms with Crippen molar-refractivity contribution in [1.29, 1.82) is 0 Å². The summed E-state index contributed by atoms with van der Waals surface area (Å²) in [6.45, 7) is 0. The fourth-order valence-electron chi connectivity index (χ4n) is 1.72. The number of carbonyl (C=O) groups excluding carboxylic acids is 2. The van der Waals surface area contributed by atoms with Crippen molar-refractivity contribution in [3.8, 4) is 5.75 Å². The molecule has 2 rings (SSSR count). The molecule has 2 aromatic carbocycles. The van der Waals surface area contributed by atoms with E-state index in [9.17, 15) is 9.59 Å². The van der Waals surface area contributed by atoms with E-state index >= 15 is 0 Å². The van der Waals surface area contributed by atoms with Crippen LogP contribution in [0.15, 0.2) is 53.6 Å². The van der Waals surface area contributed by atoms with E-state index in [1.54, 1.807) is 48.5 Å². The van der Waals surface area contributed by atoms with Crippen LogP contribution in [0.4, 0.5) is 5.69 Å². The molecule has 23 heavy (non-hydrogen) atoms. The van der Waals surface area contributed by atoms with E-state index in [0.29, 0.717) is 22.0 Å². The standard InChI is InChI=1S/C16H14ClN3O3/c1-23-14-9-5-4-8-13(14)19-15(21)16(22)20-18-10-11-6-2-3-7-12(11)17/h2-10H,1H3,(H,19,21)(H,20,22). The zero-order chi connectivity index (χ0) is 16.7. The van der Waals surface area contributed by atoms with E-state index < -0.39 is 11.8 Å². The third-order valence-corrected chi connectivity index (χ3v) is 3.18. The number of nitrogens with zero attached hydrogens (tertiary/aromatic N) is 1. The van der Waals surface area contributed by atoms with Crippen LogP contribution in [0, 0.1) is 0 Å². The Morgan fingerprint density at radius 2 is 1.78 bits per heavy atom. The van der Waals surface area contributed by atoms with Gasteiger partial charge in [-0.25, -0.2) is 5.43 Å². The van der Waals surface area contributed by atoms with E-state index in [2.05, 4.69) is 15.8 Å². The number of hydrogen-bond donors (Lipinski definition) is 2. The third kappa shape index (κ3) is 4.55. The number of para-hydroxylation sites is 2. The second-order valence-corrected chi connectivity index (χ2v) is 4.78. The van der Waals surface area contributed by atoms with E-state index in [4.69, 9.17) is 16.3 Å². The van der Waals surface area contributed by atoms with Crippen molar-refractivity contribution in [1.82, 2.24) is 5.43 Å². The number of nitrogens with one attached hydrogen (secondary N) is 2. The number of methoxy groups -OCH3 is 1. The van der Waals surface area contributed by atoms with Crippen molar-refractivity contribution in [2.24, 2.45) is 5.10 Å². The third-order valence-electron chi connectivity index (χ3n) is 2.84. The number of benzene rings is 2. The van der Waals surface area contributed by atoms with Crippen LogP contribution in [0.25, 0.3) is 0 Å². The average molecular weight is 332 g/mol. The highest BCUT2D eigenvalue weighted by molar-refractivity contribution is 6.39. The molecule has 0 aromatic heterocycles. The summed E-state index contributed by atoms with van der Waals surface area (Å²) < 4.78 is 5.09. The highest BCUT2D eigenvalue weighted by Gasteiger charge is 2.14. The molecule has 6 nitrogen and oxygen atoms in total. The maximum atomic E-state index is 11.8. The first kappa shape index (κ1) is 16.5. The lowest BCUT2D eigenvalue weighted by Gasteiger charge is -2.08. The van der Waals surface area contributed by atoms with Crippen molar-refractivity contribution >= 4 is 35.3 Å². The number of amides is 2. The molecule has 0 spiro atoms. The quantitative estimate of drug-likeness (QED) is 0.513. The molecular weight excluding hydrogens is 318 g/mol. The molecule has 0 aliphatic rings. The molecule has 0 atom stereocenters. The molecule has 0 radical (unpaired) electrons. The maximum Gasteiger partial charge on any atom is 0.329 e. The lowest BCUT2D eigenvalue weighted by molar-refractivity contribution is -0.136. The van der Waals surface area contributed by atoms with Crippen molar-refractivity contribution in [2.45, 2.75) is 0 Å². The minimum Gasteiger partial charge on any atom is -0.495 e. The summed E-state index contributed by atoms with van der Waals surface area (Å²) in [5, 5.41) is 6.64. The second kappa shape index (κ2) is 7.95. The number of hydrazone groups is 1. The lowest BCUT2D eigenvalue weighted by atomic mass is 10.2. The minimum atomic E-state index is -0.904. The van der Waals surface area contributed by atoms with Crippen LogP contribution >= 0.6 is 11.6 Å². The molecule has 7 heteroatoms. The van der Waals surface area contributed by atoms with E-state index in [0.717, 1.165) is 0 Å². The van der Waals surface area contributed by atoms with Crippen LogP contribution in [0.3, 0.4) is 0 Å². The van der Waals surface area contributed by atoms with Crippen molar-refractivity contribution in [3.63, 3.8) is 0 Å². The van der Waals surface area contributed by atoms with Gasteiger partial charge >= 0.3 is 11.8 Å². The Hall–Kier alpha value is -2.86. The topological polar surface area (TPSA) is 79.8 Å². The van der Waals surface area contributed by atoms with Crippen molar-refractivity contribution < 1.29 is 14.3 Å². The molecule has 0 saturated carbocycles. The molecule has 0 aliphatic carbocycles. The number of hydrogen-bond acceptors (Lipinski definition) is 4. The van der Waals surface area contributed by atoms with E-state index in [-0.39, 0.29) is 0 Å². The number of rotatable bonds is 4. The van der Waals surface area contributed by atoms with Gasteiger partial charge in [0.15, 0.2) is 0 Å². The highest BCUT2D eigenvalue weighted by Crippen LogP contribution is 2.22. The van der Waals surface area contributed by atoms with Gasteiger partial charge in [-0.05, 0) is 18.2 Å². The molecule has 2 N–H and O–H groups in total. The predicted octanol–water partition coefficient (Wildman–Crippen LogP) is 2.44. The van der Waals surface area contributed by atoms with Crippen LogP contribution in [-0.4, -0.2) is 25.1 Å². The molecule has 0 heterocycles. The average Bonchev–Trinajstić information content (AvgIpc) is 2.57. The van der Waals surface area contributed by atoms with E-state index in [1.807, 2.05) is 0 Å². The van der Waals surface area contributed by atoms with Gasteiger partial charge in [0.2, 0.25) is 0 Å². The van der Waals surface area contributed by atoms with E-state index in [1.165, 1.54) is 13.3 Å². The van der Waals surface area contributed by atoms with Gasteiger partial charge in [-0.15, -0.1) is 0 Å². The van der Waals surface area contributed by atoms with Crippen LogP contribution < -0.4 is 15.5 Å². The van der Waals surface area contributed by atoms with Crippen LogP contribution in [-0.2, 0) is 9.59 Å². The van der Waals surface area contributed by atoms with Crippen LogP contribution in [0.5, 0.6) is 5.75 Å². The van der Waals surface area contributed by atoms with Gasteiger partial charge in [-0.2, -0.15) is 5.10 Å². The Labute approximate surface area is 138 Å². The first-order valence-electron chi connectivity index (χ1n) is 6.63. The summed E-state index contributed by atoms with van der Waals surface area (Å²) in [4.78, 5) is 23.5. The molecule has 0 unspecified atom stereocenters. The molecule has 2 aromatic rings. The molecule has 0 aliphatic heterocycles. The summed E-state index contributed by atoms with van der Waals surface area (Å²) in [5.74, 6) is -1.31. The molecular formula is C16H14ClN3O3. The SMILES string of the molecule is COc1ccccc1NC(=O)C(=O)NN=Cc1ccccc1Cl. The fourth-order valence-corrected chi connectivity index (χ4v) is 1.90. The first-order chi connectivity index (χ1) is 11.1. The Morgan fingerprint density at radius 3 is 2.52 bits per heavy atom. The zero-order valence-corrected chi connectivity index (χ0v) is 13.0. The molecule has 2 amide bonds. The summed E-state index contributed by atoms with van der Waals surface area (Å²) >= 11 is 5.95. The van der Waals surface area contributed by atoms with Gasteiger partial charge in [-0.3, -0.25) is 9.59 Å². The predicted molar refractivity (Wildman–Crippen MR) is 88.8 cm³/mol. The molecule has 0 fully saturated rings. The fraction of sp³-hybridized carbons (Fsp3) is 0.0625. The molecule has 118 valence electrons. The Bertz CT molecular complexity index is 747. The van der Waals surface area contributed by atoms with Crippen molar-refractivity contribution in [3.05, 3.63) is 59.1 Å². The lowest BCUT2D eigenvalue weighted by Crippen LogP contribution is -2.32. The maximum absolute atomic E-state index is 11.8. The summed E-state index contributed by atoms with van der Waals surface area (Å²) in [6, 6.07) is 13.7. The van der Waals surface area contributed by atoms with Gasteiger partial charge in [0.25, 0.3) is 0 Å². The van der Waals surface area contributed by atoms with Gasteiger partial charge in [-0.1, -0.05) is 41.9 Å². The number of anilines is 1. The van der Waals surface area contributed by atoms with Crippen LogP contribution in [0.1, 0.15) is 5.56 Å². The van der Waals surface area contributed by atoms with Crippen molar-refractivity contribution in [2.75, 3.05) is 12.4 Å². The second-order valence-electron chi connectivity index (χ2n) is 4.38. The Balaban J connectivity index is 1.95. The normalized spacial score (nSPS) is 10.3. The number of halogens is 1. The largest absolute Gasteiger partial charge is 0.495 e. The van der Waals surface area contributed by atoms with Gasteiger partial charge in [0.1, 0.15) is 5.75 Å². The molecule has 0 saturated heterocycles. The zero-order valence-electron chi connectivity index (χ0n) is 12.2. The number of ether oxygens (including phenoxy) is 1. The van der Waals surface area contributed by atoms with Gasteiger partial charge < -0.3 is 10.1 Å². The smallest absolute Gasteiger partial charge is 0.329 e. The summed E-state index contributed by atoms with van der Waals surface area (Å²) in [6.07, 6.45) is 1.36. The monoisotopic (exact) mass is 331 g/mol. The first-order valence-corrected chi connectivity index (χ1v) is 7.01. The number of carbonyl (C=O) groups is 2. The molecule has 0 bridgehead atoms. The van der Waals surface area contributed by atoms with Gasteiger partial charge in [0, 0.05) is 10.6 Å². The summed E-state index contributed by atoms with van der Waals surface area (Å²) in [7, 11) is 1.47. The Morgan fingerprint density at radius 1 is 1.09 bits per heavy atom. The Kier molecular flexibility index (Phi) is 5.71. The highest BCUT2D eigenvalue weighted by atomic mass is 35.5. The minimum absolute atomic E-state index is 0.394. The van der Waals surface area contributed by atoms with Gasteiger partial charge in [0.05, 0.1) is 19.0 Å².